The summed E-state index contributed by atoms with van der Waals surface area (Å²) < 4.78 is 2.02. The highest BCUT2D eigenvalue weighted by atomic mass is 35.5. The lowest BCUT2D eigenvalue weighted by atomic mass is 10.1. The second-order valence-corrected chi connectivity index (χ2v) is 8.05. The molecule has 4 aromatic rings. The molecule has 150 valence electrons. The lowest BCUT2D eigenvalue weighted by molar-refractivity contribution is 0.0697. The van der Waals surface area contributed by atoms with Gasteiger partial charge in [0.2, 0.25) is 0 Å². The van der Waals surface area contributed by atoms with Gasteiger partial charge in [0.25, 0.3) is 0 Å². The largest absolute Gasteiger partial charge is 0.478 e. The van der Waals surface area contributed by atoms with Gasteiger partial charge < -0.3 is 5.11 Å². The first-order chi connectivity index (χ1) is 14.6. The van der Waals surface area contributed by atoms with Crippen LogP contribution in [0.4, 0.5) is 0 Å². The van der Waals surface area contributed by atoms with Crippen molar-refractivity contribution in [3.63, 3.8) is 0 Å². The Kier molecular flexibility index (Phi) is 6.16. The van der Waals surface area contributed by atoms with E-state index >= 15 is 0 Å². The van der Waals surface area contributed by atoms with Crippen LogP contribution in [0.15, 0.2) is 84.0 Å². The van der Waals surface area contributed by atoms with Gasteiger partial charge in [-0.3, -0.25) is 4.57 Å². The minimum absolute atomic E-state index is 0.274. The molecule has 0 aliphatic heterocycles. The molecule has 7 heteroatoms. The van der Waals surface area contributed by atoms with Crippen LogP contribution in [0.1, 0.15) is 27.3 Å². The zero-order valence-corrected chi connectivity index (χ0v) is 17.5. The van der Waals surface area contributed by atoms with E-state index in [-0.39, 0.29) is 5.56 Å². The number of aromatic carboxylic acids is 1. The highest BCUT2D eigenvalue weighted by Crippen LogP contribution is 2.27. The molecule has 1 heterocycles. The van der Waals surface area contributed by atoms with Crippen LogP contribution in [-0.2, 0) is 12.2 Å². The van der Waals surface area contributed by atoms with Crippen LogP contribution >= 0.6 is 23.4 Å². The number of rotatable bonds is 7. The predicted molar refractivity (Wildman–Crippen MR) is 119 cm³/mol. The van der Waals surface area contributed by atoms with E-state index in [2.05, 4.69) is 22.3 Å². The molecule has 5 nitrogen and oxygen atoms in total. The molecule has 0 spiro atoms. The Morgan fingerprint density at radius 2 is 1.70 bits per heavy atom. The number of thioether (sulfide) groups is 1. The van der Waals surface area contributed by atoms with Crippen LogP contribution in [0.25, 0.3) is 5.69 Å². The Morgan fingerprint density at radius 1 is 0.933 bits per heavy atom. The molecule has 0 bridgehead atoms. The SMILES string of the molecule is O=C(O)c1ccc(CSc2nnc(Cc3ccccc3)n2-c2cccc(Cl)c2)cc1. The Hall–Kier alpha value is -3.09. The molecule has 0 radical (unpaired) electrons. The molecule has 30 heavy (non-hydrogen) atoms. The molecular weight excluding hydrogens is 418 g/mol. The summed E-state index contributed by atoms with van der Waals surface area (Å²) in [5.41, 5.74) is 3.34. The quantitative estimate of drug-likeness (QED) is 0.388. The summed E-state index contributed by atoms with van der Waals surface area (Å²) in [5.74, 6) is 0.539. The second-order valence-electron chi connectivity index (χ2n) is 6.67. The average molecular weight is 436 g/mol. The van der Waals surface area contributed by atoms with Crippen LogP contribution in [0.3, 0.4) is 0 Å². The first-order valence-corrected chi connectivity index (χ1v) is 10.7. The molecule has 3 aromatic carbocycles. The van der Waals surface area contributed by atoms with Crippen LogP contribution in [0.5, 0.6) is 0 Å². The minimum atomic E-state index is -0.930. The Morgan fingerprint density at radius 3 is 2.40 bits per heavy atom. The Bertz CT molecular complexity index is 1160. The molecular formula is C23H18ClN3O2S. The highest BCUT2D eigenvalue weighted by molar-refractivity contribution is 7.98. The number of hydrogen-bond acceptors (Lipinski definition) is 4. The van der Waals surface area contributed by atoms with Gasteiger partial charge >= 0.3 is 5.97 Å². The zero-order valence-electron chi connectivity index (χ0n) is 15.9. The maximum absolute atomic E-state index is 11.0. The van der Waals surface area contributed by atoms with Crippen LogP contribution in [-0.4, -0.2) is 25.8 Å². The average Bonchev–Trinajstić information content (AvgIpc) is 3.15. The number of hydrogen-bond donors (Lipinski definition) is 1. The first-order valence-electron chi connectivity index (χ1n) is 9.29. The Labute approximate surface area is 183 Å². The summed E-state index contributed by atoms with van der Waals surface area (Å²) in [4.78, 5) is 11.0. The van der Waals surface area contributed by atoms with Crippen LogP contribution in [0.2, 0.25) is 5.02 Å². The van der Waals surface area contributed by atoms with Gasteiger partial charge in [0.1, 0.15) is 5.82 Å². The van der Waals surface area contributed by atoms with E-state index in [0.29, 0.717) is 17.2 Å². The standard InChI is InChI=1S/C23H18ClN3O2S/c24-19-7-4-8-20(14-19)27-21(13-16-5-2-1-3-6-16)25-26-23(27)30-15-17-9-11-18(12-10-17)22(28)29/h1-12,14H,13,15H2,(H,28,29). The third-order valence-corrected chi connectivity index (χ3v) is 5.78. The smallest absolute Gasteiger partial charge is 0.335 e. The number of halogens is 1. The fourth-order valence-electron chi connectivity index (χ4n) is 3.05. The normalized spacial score (nSPS) is 10.8. The fourth-order valence-corrected chi connectivity index (χ4v) is 4.16. The summed E-state index contributed by atoms with van der Waals surface area (Å²) in [6, 6.07) is 24.6. The summed E-state index contributed by atoms with van der Waals surface area (Å²) in [6.45, 7) is 0. The van der Waals surface area contributed by atoms with E-state index in [4.69, 9.17) is 16.7 Å². The van der Waals surface area contributed by atoms with Gasteiger partial charge in [-0.05, 0) is 41.5 Å². The summed E-state index contributed by atoms with van der Waals surface area (Å²) in [5, 5.41) is 19.3. The van der Waals surface area contributed by atoms with Crippen LogP contribution in [0, 0.1) is 0 Å². The van der Waals surface area contributed by atoms with E-state index in [1.54, 1.807) is 23.9 Å². The van der Waals surface area contributed by atoms with Gasteiger partial charge in [-0.25, -0.2) is 4.79 Å². The molecule has 0 atom stereocenters. The maximum atomic E-state index is 11.0. The number of aromatic nitrogens is 3. The van der Waals surface area contributed by atoms with Crippen molar-refractivity contribution in [3.05, 3.63) is 106 Å². The van der Waals surface area contributed by atoms with Crippen molar-refractivity contribution in [2.45, 2.75) is 17.3 Å². The molecule has 0 saturated carbocycles. The van der Waals surface area contributed by atoms with E-state index < -0.39 is 5.97 Å². The van der Waals surface area contributed by atoms with E-state index in [9.17, 15) is 4.79 Å². The summed E-state index contributed by atoms with van der Waals surface area (Å²) in [6.07, 6.45) is 0.647. The molecule has 0 fully saturated rings. The summed E-state index contributed by atoms with van der Waals surface area (Å²) >= 11 is 7.78. The third-order valence-electron chi connectivity index (χ3n) is 4.54. The van der Waals surface area contributed by atoms with Gasteiger partial charge in [-0.1, -0.05) is 71.9 Å². The second kappa shape index (κ2) is 9.15. The van der Waals surface area contributed by atoms with Crippen LogP contribution < -0.4 is 0 Å². The highest BCUT2D eigenvalue weighted by Gasteiger charge is 2.15. The number of carbonyl (C=O) groups is 1. The van der Waals surface area contributed by atoms with Gasteiger partial charge in [-0.15, -0.1) is 10.2 Å². The fraction of sp³-hybridized carbons (Fsp3) is 0.0870. The van der Waals surface area contributed by atoms with Crippen molar-refractivity contribution in [1.82, 2.24) is 14.8 Å². The molecule has 1 N–H and O–H groups in total. The van der Waals surface area contributed by atoms with E-state index in [1.165, 1.54) is 0 Å². The van der Waals surface area contributed by atoms with E-state index in [1.807, 2.05) is 59.2 Å². The van der Waals surface area contributed by atoms with Crippen molar-refractivity contribution >= 4 is 29.3 Å². The predicted octanol–water partition coefficient (Wildman–Crippen LogP) is 5.50. The lowest BCUT2D eigenvalue weighted by Crippen LogP contribution is -2.04. The maximum Gasteiger partial charge on any atom is 0.335 e. The molecule has 0 aliphatic carbocycles. The van der Waals surface area contributed by atoms with Crippen molar-refractivity contribution in [1.29, 1.82) is 0 Å². The molecule has 1 aromatic heterocycles. The number of nitrogens with zero attached hydrogens (tertiary/aromatic N) is 3. The lowest BCUT2D eigenvalue weighted by Gasteiger charge is -2.11. The van der Waals surface area contributed by atoms with Gasteiger partial charge in [0.05, 0.1) is 11.3 Å². The monoisotopic (exact) mass is 435 g/mol. The summed E-state index contributed by atoms with van der Waals surface area (Å²) in [7, 11) is 0. The first kappa shape index (κ1) is 20.2. The Balaban J connectivity index is 1.62. The zero-order chi connectivity index (χ0) is 20.9. The number of carboxylic acid groups (broad SMARTS) is 1. The molecule has 0 unspecified atom stereocenters. The van der Waals surface area contributed by atoms with Crippen molar-refractivity contribution in [2.24, 2.45) is 0 Å². The van der Waals surface area contributed by atoms with Crippen molar-refractivity contribution < 1.29 is 9.90 Å². The van der Waals surface area contributed by atoms with Crippen molar-refractivity contribution in [2.75, 3.05) is 0 Å². The molecule has 4 rings (SSSR count). The molecule has 0 saturated heterocycles. The third kappa shape index (κ3) is 4.72. The van der Waals surface area contributed by atoms with Gasteiger partial charge in [-0.2, -0.15) is 0 Å². The number of carboxylic acids is 1. The molecule has 0 aliphatic rings. The van der Waals surface area contributed by atoms with Crippen molar-refractivity contribution in [3.8, 4) is 5.69 Å². The van der Waals surface area contributed by atoms with Gasteiger partial charge in [0.15, 0.2) is 5.16 Å². The molecule has 0 amide bonds. The van der Waals surface area contributed by atoms with E-state index in [0.717, 1.165) is 27.8 Å². The topological polar surface area (TPSA) is 68.0 Å². The minimum Gasteiger partial charge on any atom is -0.478 e. The van der Waals surface area contributed by atoms with Gasteiger partial charge in [0, 0.05) is 17.2 Å². The number of benzene rings is 3.